The van der Waals surface area contributed by atoms with E-state index in [1.807, 2.05) is 6.07 Å². The number of nitrogens with one attached hydrogen (secondary N) is 2. The van der Waals surface area contributed by atoms with Crippen molar-refractivity contribution in [2.75, 3.05) is 18.4 Å². The smallest absolute Gasteiger partial charge is 0.228 e. The number of benzene rings is 1. The predicted molar refractivity (Wildman–Crippen MR) is 70.4 cm³/mol. The highest BCUT2D eigenvalue weighted by Gasteiger charge is 2.21. The van der Waals surface area contributed by atoms with Crippen LogP contribution >= 0.6 is 11.6 Å². The quantitative estimate of drug-likeness (QED) is 0.859. The zero-order valence-corrected chi connectivity index (χ0v) is 10.6. The van der Waals surface area contributed by atoms with Gasteiger partial charge in [0.2, 0.25) is 5.91 Å². The van der Waals surface area contributed by atoms with E-state index in [0.717, 1.165) is 19.4 Å². The molecule has 1 fully saturated rings. The fraction of sp³-hybridized carbons (Fsp3) is 0.385. The minimum atomic E-state index is -0.0424. The molecule has 1 aliphatic heterocycles. The number of hydrogen-bond acceptors (Lipinski definition) is 3. The van der Waals surface area contributed by atoms with Gasteiger partial charge < -0.3 is 10.6 Å². The second-order valence-electron chi connectivity index (χ2n) is 4.34. The molecule has 0 unspecified atom stereocenters. The molecule has 1 atom stereocenters. The highest BCUT2D eigenvalue weighted by Crippen LogP contribution is 2.24. The second kappa shape index (κ2) is 5.85. The van der Waals surface area contributed by atoms with Crippen molar-refractivity contribution in [1.29, 1.82) is 5.26 Å². The first-order valence-electron chi connectivity index (χ1n) is 5.92. The number of carbonyl (C=O) groups excluding carboxylic acids is 1. The maximum absolute atomic E-state index is 12.0. The van der Waals surface area contributed by atoms with E-state index in [2.05, 4.69) is 10.6 Å². The van der Waals surface area contributed by atoms with Gasteiger partial charge in [-0.15, -0.1) is 0 Å². The van der Waals surface area contributed by atoms with Gasteiger partial charge in [-0.2, -0.15) is 5.26 Å². The third-order valence-corrected chi connectivity index (χ3v) is 3.35. The standard InChI is InChI=1S/C13H14ClN3O/c14-11-4-3-9(7-15)6-12(11)17-13(18)10-2-1-5-16-8-10/h3-4,6,10,16H,1-2,5,8H2,(H,17,18)/t10-/m0/s1. The van der Waals surface area contributed by atoms with Crippen LogP contribution < -0.4 is 10.6 Å². The highest BCUT2D eigenvalue weighted by atomic mass is 35.5. The van der Waals surface area contributed by atoms with Gasteiger partial charge in [0.15, 0.2) is 0 Å². The molecule has 1 amide bonds. The molecule has 18 heavy (non-hydrogen) atoms. The number of anilines is 1. The van der Waals surface area contributed by atoms with Crippen LogP contribution in [0.2, 0.25) is 5.02 Å². The number of piperidine rings is 1. The van der Waals surface area contributed by atoms with Crippen molar-refractivity contribution >= 4 is 23.2 Å². The zero-order chi connectivity index (χ0) is 13.0. The minimum absolute atomic E-state index is 0.0273. The van der Waals surface area contributed by atoms with E-state index in [1.54, 1.807) is 18.2 Å². The first-order chi connectivity index (χ1) is 8.70. The molecular weight excluding hydrogens is 250 g/mol. The molecule has 2 N–H and O–H groups in total. The lowest BCUT2D eigenvalue weighted by atomic mass is 9.99. The number of hydrogen-bond donors (Lipinski definition) is 2. The van der Waals surface area contributed by atoms with Crippen LogP contribution in [0, 0.1) is 17.2 Å². The Labute approximate surface area is 111 Å². The molecule has 0 radical (unpaired) electrons. The molecule has 94 valence electrons. The van der Waals surface area contributed by atoms with Crippen molar-refractivity contribution in [2.45, 2.75) is 12.8 Å². The van der Waals surface area contributed by atoms with Crippen LogP contribution in [0.4, 0.5) is 5.69 Å². The normalized spacial score (nSPS) is 19.0. The largest absolute Gasteiger partial charge is 0.324 e. The lowest BCUT2D eigenvalue weighted by Gasteiger charge is -2.22. The Hall–Kier alpha value is -1.57. The highest BCUT2D eigenvalue weighted by molar-refractivity contribution is 6.33. The summed E-state index contributed by atoms with van der Waals surface area (Å²) in [6.45, 7) is 1.66. The topological polar surface area (TPSA) is 64.9 Å². The molecule has 0 saturated carbocycles. The Kier molecular flexibility index (Phi) is 4.19. The van der Waals surface area contributed by atoms with Gasteiger partial charge in [-0.05, 0) is 37.6 Å². The Morgan fingerprint density at radius 3 is 3.06 bits per heavy atom. The zero-order valence-electron chi connectivity index (χ0n) is 9.87. The molecule has 0 bridgehead atoms. The van der Waals surface area contributed by atoms with Crippen LogP contribution in [-0.2, 0) is 4.79 Å². The van der Waals surface area contributed by atoms with E-state index >= 15 is 0 Å². The maximum atomic E-state index is 12.0. The van der Waals surface area contributed by atoms with Gasteiger partial charge in [-0.25, -0.2) is 0 Å². The van der Waals surface area contributed by atoms with E-state index in [9.17, 15) is 4.79 Å². The summed E-state index contributed by atoms with van der Waals surface area (Å²) in [4.78, 5) is 12.0. The average Bonchev–Trinajstić information content (AvgIpc) is 2.42. The number of nitrogens with zero attached hydrogens (tertiary/aromatic N) is 1. The van der Waals surface area contributed by atoms with Gasteiger partial charge in [-0.1, -0.05) is 11.6 Å². The van der Waals surface area contributed by atoms with Crippen LogP contribution in [-0.4, -0.2) is 19.0 Å². The summed E-state index contributed by atoms with van der Waals surface area (Å²) in [5.74, 6) is -0.0697. The van der Waals surface area contributed by atoms with Crippen molar-refractivity contribution in [3.63, 3.8) is 0 Å². The SMILES string of the molecule is N#Cc1ccc(Cl)c(NC(=O)[C@H]2CCCNC2)c1. The summed E-state index contributed by atoms with van der Waals surface area (Å²) in [5, 5.41) is 15.3. The number of halogens is 1. The minimum Gasteiger partial charge on any atom is -0.324 e. The van der Waals surface area contributed by atoms with Crippen LogP contribution in [0.15, 0.2) is 18.2 Å². The molecule has 0 aliphatic carbocycles. The number of nitriles is 1. The van der Waals surface area contributed by atoms with Crippen molar-refractivity contribution < 1.29 is 4.79 Å². The molecule has 2 rings (SSSR count). The fourth-order valence-corrected chi connectivity index (χ4v) is 2.17. The second-order valence-corrected chi connectivity index (χ2v) is 4.75. The van der Waals surface area contributed by atoms with E-state index in [0.29, 0.717) is 22.8 Å². The first kappa shape index (κ1) is 12.9. The third kappa shape index (κ3) is 3.00. The number of carbonyl (C=O) groups is 1. The maximum Gasteiger partial charge on any atom is 0.228 e. The van der Waals surface area contributed by atoms with Crippen molar-refractivity contribution in [3.8, 4) is 6.07 Å². The van der Waals surface area contributed by atoms with Crippen LogP contribution in [0.3, 0.4) is 0 Å². The van der Waals surface area contributed by atoms with Gasteiger partial charge in [0.05, 0.1) is 28.3 Å². The lowest BCUT2D eigenvalue weighted by molar-refractivity contribution is -0.120. The molecule has 1 aromatic rings. The van der Waals surface area contributed by atoms with E-state index in [4.69, 9.17) is 16.9 Å². The van der Waals surface area contributed by atoms with E-state index < -0.39 is 0 Å². The van der Waals surface area contributed by atoms with Crippen molar-refractivity contribution in [3.05, 3.63) is 28.8 Å². The predicted octanol–water partition coefficient (Wildman–Crippen LogP) is 2.15. The monoisotopic (exact) mass is 263 g/mol. The summed E-state index contributed by atoms with van der Waals surface area (Å²) >= 11 is 6.00. The van der Waals surface area contributed by atoms with Gasteiger partial charge in [0, 0.05) is 6.54 Å². The van der Waals surface area contributed by atoms with Crippen LogP contribution in [0.5, 0.6) is 0 Å². The fourth-order valence-electron chi connectivity index (χ4n) is 2.00. The Bertz CT molecular complexity index is 489. The Balaban J connectivity index is 2.08. The molecule has 1 aromatic carbocycles. The van der Waals surface area contributed by atoms with Gasteiger partial charge in [0.1, 0.15) is 0 Å². The lowest BCUT2D eigenvalue weighted by Crippen LogP contribution is -2.37. The average molecular weight is 264 g/mol. The Morgan fingerprint density at radius 2 is 2.39 bits per heavy atom. The Morgan fingerprint density at radius 1 is 1.56 bits per heavy atom. The van der Waals surface area contributed by atoms with E-state index in [1.165, 1.54) is 0 Å². The summed E-state index contributed by atoms with van der Waals surface area (Å²) in [6, 6.07) is 6.86. The molecule has 1 aliphatic rings. The van der Waals surface area contributed by atoms with Gasteiger partial charge in [-0.3, -0.25) is 4.79 Å². The van der Waals surface area contributed by atoms with E-state index in [-0.39, 0.29) is 11.8 Å². The number of rotatable bonds is 2. The summed E-state index contributed by atoms with van der Waals surface area (Å²) < 4.78 is 0. The van der Waals surface area contributed by atoms with Crippen LogP contribution in [0.25, 0.3) is 0 Å². The first-order valence-corrected chi connectivity index (χ1v) is 6.29. The third-order valence-electron chi connectivity index (χ3n) is 3.02. The molecule has 4 nitrogen and oxygen atoms in total. The van der Waals surface area contributed by atoms with Crippen molar-refractivity contribution in [1.82, 2.24) is 5.32 Å². The molecule has 1 saturated heterocycles. The van der Waals surface area contributed by atoms with Gasteiger partial charge in [0.25, 0.3) is 0 Å². The van der Waals surface area contributed by atoms with Gasteiger partial charge >= 0.3 is 0 Å². The summed E-state index contributed by atoms with van der Waals surface area (Å²) in [7, 11) is 0. The molecule has 0 aromatic heterocycles. The number of amides is 1. The van der Waals surface area contributed by atoms with Crippen LogP contribution in [0.1, 0.15) is 18.4 Å². The molecule has 1 heterocycles. The molecular formula is C13H14ClN3O. The summed E-state index contributed by atoms with van der Waals surface area (Å²) in [5.41, 5.74) is 0.989. The molecule has 5 heteroatoms. The molecule has 0 spiro atoms. The summed E-state index contributed by atoms with van der Waals surface area (Å²) in [6.07, 6.45) is 1.89. The van der Waals surface area contributed by atoms with Crippen molar-refractivity contribution in [2.24, 2.45) is 5.92 Å².